The molecule has 120 valence electrons. The maximum absolute atomic E-state index is 10.9. The molecule has 0 spiro atoms. The molecule has 0 aromatic carbocycles. The van der Waals surface area contributed by atoms with Gasteiger partial charge < -0.3 is 5.32 Å². The van der Waals surface area contributed by atoms with Gasteiger partial charge in [0.2, 0.25) is 0 Å². The summed E-state index contributed by atoms with van der Waals surface area (Å²) >= 11 is 3.59. The first-order chi connectivity index (χ1) is 10.5. The molecule has 0 amide bonds. The Kier molecular flexibility index (Phi) is 7.25. The molecule has 1 N–H and O–H groups in total. The van der Waals surface area contributed by atoms with Crippen LogP contribution < -0.4 is 5.32 Å². The zero-order valence-corrected chi connectivity index (χ0v) is 15.5. The minimum Gasteiger partial charge on any atom is -0.313 e. The summed E-state index contributed by atoms with van der Waals surface area (Å²) in [5, 5.41) is 12.4. The lowest BCUT2D eigenvalue weighted by atomic mass is 9.86. The van der Waals surface area contributed by atoms with Gasteiger partial charge in [-0.25, -0.2) is 0 Å². The van der Waals surface area contributed by atoms with Gasteiger partial charge in [0, 0.05) is 5.54 Å². The van der Waals surface area contributed by atoms with Crippen molar-refractivity contribution in [3.8, 4) is 6.07 Å². The minimum absolute atomic E-state index is 0.0476. The van der Waals surface area contributed by atoms with Gasteiger partial charge in [0.25, 0.3) is 0 Å². The van der Waals surface area contributed by atoms with Crippen LogP contribution in [-0.4, -0.2) is 18.9 Å². The first-order valence-electron chi connectivity index (χ1n) is 7.84. The van der Waals surface area contributed by atoms with Gasteiger partial charge in [-0.1, -0.05) is 40.9 Å². The molecule has 0 saturated carbocycles. The molecule has 2 rings (SSSR count). The van der Waals surface area contributed by atoms with Crippen LogP contribution in [0.3, 0.4) is 0 Å². The van der Waals surface area contributed by atoms with Crippen LogP contribution in [0.1, 0.15) is 52.9 Å². The normalized spacial score (nSPS) is 24.5. The predicted molar refractivity (Wildman–Crippen MR) is 94.6 cm³/mol. The second-order valence-electron chi connectivity index (χ2n) is 5.70. The summed E-state index contributed by atoms with van der Waals surface area (Å²) in [5.74, 6) is 0. The Bertz CT molecular complexity index is 566. The molecule has 2 aliphatic rings. The summed E-state index contributed by atoms with van der Waals surface area (Å²) in [7, 11) is 1.97. The lowest BCUT2D eigenvalue weighted by molar-refractivity contribution is -0.104. The quantitative estimate of drug-likeness (QED) is 0.451. The van der Waals surface area contributed by atoms with Crippen LogP contribution in [0.25, 0.3) is 0 Å². The van der Waals surface area contributed by atoms with E-state index in [4.69, 9.17) is 5.26 Å². The number of rotatable bonds is 4. The molecule has 0 fully saturated rings. The minimum atomic E-state index is -0.0476. The van der Waals surface area contributed by atoms with Gasteiger partial charge in [-0.05, 0) is 62.2 Å². The van der Waals surface area contributed by atoms with Crippen LogP contribution in [0, 0.1) is 11.3 Å². The van der Waals surface area contributed by atoms with Crippen LogP contribution in [0.2, 0.25) is 0 Å². The van der Waals surface area contributed by atoms with E-state index in [9.17, 15) is 4.79 Å². The van der Waals surface area contributed by atoms with E-state index in [1.54, 1.807) is 0 Å². The highest BCUT2D eigenvalue weighted by Crippen LogP contribution is 2.45. The smallest absolute Gasteiger partial charge is 0.160 e. The SMILES string of the molecule is CC.CNC1(C/C(C)=C(/C#N)C=O)CC2=C(CCC(Br)=C2)C1. The van der Waals surface area contributed by atoms with Gasteiger partial charge in [0.15, 0.2) is 6.29 Å². The van der Waals surface area contributed by atoms with Crippen LogP contribution in [0.4, 0.5) is 0 Å². The summed E-state index contributed by atoms with van der Waals surface area (Å²) in [6.07, 6.45) is 7.79. The Labute approximate surface area is 142 Å². The van der Waals surface area contributed by atoms with E-state index in [-0.39, 0.29) is 11.1 Å². The lowest BCUT2D eigenvalue weighted by Crippen LogP contribution is -2.41. The highest BCUT2D eigenvalue weighted by Gasteiger charge is 2.38. The summed E-state index contributed by atoms with van der Waals surface area (Å²) in [6, 6.07) is 1.99. The molecule has 0 aliphatic heterocycles. The van der Waals surface area contributed by atoms with Crippen molar-refractivity contribution in [1.29, 1.82) is 5.26 Å². The molecule has 0 radical (unpaired) electrons. The molecule has 0 aromatic rings. The van der Waals surface area contributed by atoms with Crippen LogP contribution in [0.5, 0.6) is 0 Å². The van der Waals surface area contributed by atoms with Gasteiger partial charge in [-0.3, -0.25) is 4.79 Å². The Morgan fingerprint density at radius 1 is 1.45 bits per heavy atom. The van der Waals surface area contributed by atoms with Crippen molar-refractivity contribution in [1.82, 2.24) is 5.32 Å². The van der Waals surface area contributed by atoms with E-state index in [0.29, 0.717) is 6.29 Å². The number of nitrogens with one attached hydrogen (secondary N) is 1. The van der Waals surface area contributed by atoms with E-state index in [1.807, 2.05) is 33.9 Å². The number of hydrogen-bond donors (Lipinski definition) is 1. The molecule has 0 saturated heterocycles. The number of carbonyl (C=O) groups is 1. The monoisotopic (exact) mass is 364 g/mol. The van der Waals surface area contributed by atoms with E-state index in [0.717, 1.165) is 37.7 Å². The third-order valence-electron chi connectivity index (χ3n) is 4.36. The maximum Gasteiger partial charge on any atom is 0.160 e. The number of nitrogens with zero attached hydrogens (tertiary/aromatic N) is 1. The first-order valence-corrected chi connectivity index (χ1v) is 8.64. The van der Waals surface area contributed by atoms with Gasteiger partial charge in [0.05, 0.1) is 5.57 Å². The number of nitriles is 1. The molecular weight excluding hydrogens is 340 g/mol. The third kappa shape index (κ3) is 4.18. The fourth-order valence-electron chi connectivity index (χ4n) is 3.22. The van der Waals surface area contributed by atoms with Crippen molar-refractivity contribution in [3.63, 3.8) is 0 Å². The molecule has 3 nitrogen and oxygen atoms in total. The number of aldehydes is 1. The van der Waals surface area contributed by atoms with E-state index < -0.39 is 0 Å². The fourth-order valence-corrected chi connectivity index (χ4v) is 3.70. The van der Waals surface area contributed by atoms with E-state index in [2.05, 4.69) is 27.3 Å². The van der Waals surface area contributed by atoms with Gasteiger partial charge in [-0.15, -0.1) is 0 Å². The molecule has 2 aliphatic carbocycles. The number of carbonyl (C=O) groups excluding carboxylic acids is 1. The Balaban J connectivity index is 0.00000116. The zero-order valence-electron chi connectivity index (χ0n) is 13.9. The highest BCUT2D eigenvalue weighted by molar-refractivity contribution is 9.11. The topological polar surface area (TPSA) is 52.9 Å². The summed E-state index contributed by atoms with van der Waals surface area (Å²) in [5.41, 5.74) is 4.02. The van der Waals surface area contributed by atoms with Crippen molar-refractivity contribution in [2.75, 3.05) is 7.05 Å². The lowest BCUT2D eigenvalue weighted by Gasteiger charge is -2.30. The fraction of sp³-hybridized carbons (Fsp3) is 0.556. The van der Waals surface area contributed by atoms with Crippen molar-refractivity contribution < 1.29 is 4.79 Å². The van der Waals surface area contributed by atoms with Crippen molar-refractivity contribution in [2.45, 2.75) is 58.4 Å². The molecule has 0 aromatic heterocycles. The summed E-state index contributed by atoms with van der Waals surface area (Å²) < 4.78 is 1.26. The molecular formula is C18H25BrN2O. The molecule has 1 unspecified atom stereocenters. The first kappa shape index (κ1) is 18.9. The Morgan fingerprint density at radius 3 is 2.68 bits per heavy atom. The Hall–Kier alpha value is -1.18. The average Bonchev–Trinajstić information content (AvgIpc) is 2.88. The standard InChI is InChI=1S/C16H19BrN2O.C2H6/c1-11(14(9-18)10-20)6-16(19-2)7-12-3-4-15(17)5-13(12)8-16;1-2/h5,10,19H,3-4,6-8H2,1-2H3;1-2H3/b14-11-;. The number of allylic oxidation sites excluding steroid dienone is 3. The Morgan fingerprint density at radius 2 is 2.14 bits per heavy atom. The van der Waals surface area contributed by atoms with Gasteiger partial charge >= 0.3 is 0 Å². The molecule has 4 heteroatoms. The average molecular weight is 365 g/mol. The van der Waals surface area contributed by atoms with E-state index >= 15 is 0 Å². The van der Waals surface area contributed by atoms with Crippen LogP contribution in [-0.2, 0) is 4.79 Å². The second kappa shape index (κ2) is 8.45. The zero-order chi connectivity index (χ0) is 16.8. The summed E-state index contributed by atoms with van der Waals surface area (Å²) in [6.45, 7) is 5.88. The second-order valence-corrected chi connectivity index (χ2v) is 6.72. The van der Waals surface area contributed by atoms with Crippen molar-refractivity contribution in [3.05, 3.63) is 32.9 Å². The van der Waals surface area contributed by atoms with Gasteiger partial charge in [-0.2, -0.15) is 5.26 Å². The van der Waals surface area contributed by atoms with Crippen molar-refractivity contribution >= 4 is 22.2 Å². The predicted octanol–water partition coefficient (Wildman–Crippen LogP) is 4.56. The molecule has 0 bridgehead atoms. The largest absolute Gasteiger partial charge is 0.313 e. The van der Waals surface area contributed by atoms with Crippen LogP contribution >= 0.6 is 15.9 Å². The third-order valence-corrected chi connectivity index (χ3v) is 4.99. The van der Waals surface area contributed by atoms with Crippen molar-refractivity contribution in [2.24, 2.45) is 0 Å². The summed E-state index contributed by atoms with van der Waals surface area (Å²) in [4.78, 5) is 10.9. The maximum atomic E-state index is 10.9. The number of hydrogen-bond acceptors (Lipinski definition) is 3. The molecule has 1 atom stereocenters. The number of halogens is 1. The van der Waals surface area contributed by atoms with Gasteiger partial charge in [0.1, 0.15) is 6.07 Å². The molecule has 0 heterocycles. The van der Waals surface area contributed by atoms with Crippen LogP contribution in [0.15, 0.2) is 32.9 Å². The highest BCUT2D eigenvalue weighted by atomic mass is 79.9. The van der Waals surface area contributed by atoms with E-state index in [1.165, 1.54) is 15.6 Å². The molecule has 22 heavy (non-hydrogen) atoms.